The lowest BCUT2D eigenvalue weighted by atomic mass is 10.1. The van der Waals surface area contributed by atoms with Crippen molar-refractivity contribution in [2.24, 2.45) is 0 Å². The first-order chi connectivity index (χ1) is 8.91. The molecule has 2 N–H and O–H groups in total. The van der Waals surface area contributed by atoms with Gasteiger partial charge in [0.25, 0.3) is 5.91 Å². The van der Waals surface area contributed by atoms with Crippen molar-refractivity contribution >= 4 is 35.1 Å². The number of carbonyl (C=O) groups is 2. The molecule has 7 heteroatoms. The minimum absolute atomic E-state index is 0.00312. The van der Waals surface area contributed by atoms with E-state index in [2.05, 4.69) is 0 Å². The zero-order valence-corrected chi connectivity index (χ0v) is 11.2. The Kier molecular flexibility index (Phi) is 3.99. The summed E-state index contributed by atoms with van der Waals surface area (Å²) in [5, 5.41) is 18.9. The SMILES string of the molecule is O=C(O)[C@@H]1C[C@H](O)CN1C(=O)c1c(Cl)cccc1Cl. The van der Waals surface area contributed by atoms with E-state index in [0.29, 0.717) is 0 Å². The molecular formula is C12H11Cl2NO4. The third kappa shape index (κ3) is 2.68. The summed E-state index contributed by atoms with van der Waals surface area (Å²) in [4.78, 5) is 24.5. The van der Waals surface area contributed by atoms with Gasteiger partial charge in [0, 0.05) is 13.0 Å². The number of amides is 1. The molecule has 0 saturated carbocycles. The Hall–Kier alpha value is -1.30. The quantitative estimate of drug-likeness (QED) is 0.871. The molecule has 0 bridgehead atoms. The summed E-state index contributed by atoms with van der Waals surface area (Å²) in [6, 6.07) is 3.54. The van der Waals surface area contributed by atoms with Crippen LogP contribution in [0.5, 0.6) is 0 Å². The van der Waals surface area contributed by atoms with Gasteiger partial charge in [0.05, 0.1) is 21.7 Å². The smallest absolute Gasteiger partial charge is 0.326 e. The van der Waals surface area contributed by atoms with E-state index >= 15 is 0 Å². The van der Waals surface area contributed by atoms with Crippen molar-refractivity contribution in [1.29, 1.82) is 0 Å². The lowest BCUT2D eigenvalue weighted by molar-refractivity contribution is -0.141. The fourth-order valence-corrected chi connectivity index (χ4v) is 2.68. The summed E-state index contributed by atoms with van der Waals surface area (Å²) in [5.74, 6) is -1.74. The fourth-order valence-electron chi connectivity index (χ4n) is 2.12. The predicted octanol–water partition coefficient (Wildman–Crippen LogP) is 1.65. The number of halogens is 2. The Morgan fingerprint density at radius 3 is 2.37 bits per heavy atom. The van der Waals surface area contributed by atoms with Crippen LogP contribution in [-0.4, -0.2) is 45.7 Å². The number of hydrogen-bond acceptors (Lipinski definition) is 3. The van der Waals surface area contributed by atoms with E-state index in [9.17, 15) is 14.7 Å². The van der Waals surface area contributed by atoms with Crippen LogP contribution in [-0.2, 0) is 4.79 Å². The molecule has 0 unspecified atom stereocenters. The highest BCUT2D eigenvalue weighted by Gasteiger charge is 2.40. The third-order valence-electron chi connectivity index (χ3n) is 3.00. The highest BCUT2D eigenvalue weighted by Crippen LogP contribution is 2.29. The van der Waals surface area contributed by atoms with E-state index in [4.69, 9.17) is 28.3 Å². The fraction of sp³-hybridized carbons (Fsp3) is 0.333. The molecule has 1 aliphatic heterocycles. The van der Waals surface area contributed by atoms with Gasteiger partial charge in [-0.1, -0.05) is 29.3 Å². The minimum atomic E-state index is -1.16. The van der Waals surface area contributed by atoms with E-state index in [1.54, 1.807) is 6.07 Å². The Labute approximate surface area is 119 Å². The molecule has 1 heterocycles. The third-order valence-corrected chi connectivity index (χ3v) is 3.63. The minimum Gasteiger partial charge on any atom is -0.480 e. The number of aliphatic hydroxyl groups excluding tert-OH is 1. The van der Waals surface area contributed by atoms with Crippen LogP contribution in [0.3, 0.4) is 0 Å². The number of aliphatic carboxylic acids is 1. The number of rotatable bonds is 2. The van der Waals surface area contributed by atoms with Crippen LogP contribution in [0, 0.1) is 0 Å². The molecule has 1 aliphatic rings. The van der Waals surface area contributed by atoms with E-state index < -0.39 is 24.0 Å². The Balaban J connectivity index is 2.36. The van der Waals surface area contributed by atoms with Crippen molar-refractivity contribution in [1.82, 2.24) is 4.90 Å². The second kappa shape index (κ2) is 5.36. The summed E-state index contributed by atoms with van der Waals surface area (Å²) in [6.07, 6.45) is -0.852. The number of likely N-dealkylation sites (tertiary alicyclic amines) is 1. The van der Waals surface area contributed by atoms with Gasteiger partial charge >= 0.3 is 5.97 Å². The van der Waals surface area contributed by atoms with Gasteiger partial charge in [0.15, 0.2) is 0 Å². The van der Waals surface area contributed by atoms with Crippen LogP contribution in [0.4, 0.5) is 0 Å². The van der Waals surface area contributed by atoms with Gasteiger partial charge in [-0.3, -0.25) is 4.79 Å². The van der Waals surface area contributed by atoms with Gasteiger partial charge in [-0.15, -0.1) is 0 Å². The van der Waals surface area contributed by atoms with Crippen molar-refractivity contribution < 1.29 is 19.8 Å². The van der Waals surface area contributed by atoms with Crippen LogP contribution in [0.15, 0.2) is 18.2 Å². The van der Waals surface area contributed by atoms with Gasteiger partial charge in [-0.2, -0.15) is 0 Å². The predicted molar refractivity (Wildman–Crippen MR) is 69.5 cm³/mol. The van der Waals surface area contributed by atoms with Crippen molar-refractivity contribution in [3.8, 4) is 0 Å². The van der Waals surface area contributed by atoms with Crippen LogP contribution in [0.25, 0.3) is 0 Å². The molecule has 1 saturated heterocycles. The molecule has 2 rings (SSSR count). The van der Waals surface area contributed by atoms with Gasteiger partial charge in [-0.05, 0) is 12.1 Å². The Bertz CT molecular complexity index is 514. The molecule has 1 fully saturated rings. The van der Waals surface area contributed by atoms with Crippen LogP contribution in [0.2, 0.25) is 10.0 Å². The molecule has 0 aromatic heterocycles. The number of β-amino-alcohol motifs (C(OH)–C–C–N with tert-alkyl or cyclic N) is 1. The molecule has 1 aromatic carbocycles. The first-order valence-corrected chi connectivity index (χ1v) is 6.33. The second-order valence-electron chi connectivity index (χ2n) is 4.30. The number of carboxylic acid groups (broad SMARTS) is 1. The molecule has 0 aliphatic carbocycles. The van der Waals surface area contributed by atoms with Crippen molar-refractivity contribution in [2.45, 2.75) is 18.6 Å². The summed E-state index contributed by atoms with van der Waals surface area (Å²) < 4.78 is 0. The second-order valence-corrected chi connectivity index (χ2v) is 5.11. The highest BCUT2D eigenvalue weighted by molar-refractivity contribution is 6.39. The molecule has 0 radical (unpaired) electrons. The lowest BCUT2D eigenvalue weighted by Crippen LogP contribution is -2.40. The summed E-state index contributed by atoms with van der Waals surface area (Å²) in [5.41, 5.74) is 0.0613. The first-order valence-electron chi connectivity index (χ1n) is 5.57. The monoisotopic (exact) mass is 303 g/mol. The van der Waals surface area contributed by atoms with Crippen molar-refractivity contribution in [3.05, 3.63) is 33.8 Å². The number of carbonyl (C=O) groups excluding carboxylic acids is 1. The number of nitrogens with zero attached hydrogens (tertiary/aromatic N) is 1. The number of aliphatic hydroxyl groups is 1. The largest absolute Gasteiger partial charge is 0.480 e. The van der Waals surface area contributed by atoms with Crippen LogP contribution < -0.4 is 0 Å². The van der Waals surface area contributed by atoms with Gasteiger partial charge in [0.2, 0.25) is 0 Å². The maximum Gasteiger partial charge on any atom is 0.326 e. The van der Waals surface area contributed by atoms with Gasteiger partial charge in [-0.25, -0.2) is 4.79 Å². The normalized spacial score (nSPS) is 22.6. The highest BCUT2D eigenvalue weighted by atomic mass is 35.5. The van der Waals surface area contributed by atoms with Crippen LogP contribution in [0.1, 0.15) is 16.8 Å². The lowest BCUT2D eigenvalue weighted by Gasteiger charge is -2.22. The van der Waals surface area contributed by atoms with Crippen LogP contribution >= 0.6 is 23.2 Å². The van der Waals surface area contributed by atoms with Gasteiger partial charge in [0.1, 0.15) is 6.04 Å². The number of benzene rings is 1. The average molecular weight is 304 g/mol. The van der Waals surface area contributed by atoms with Crippen molar-refractivity contribution in [2.75, 3.05) is 6.54 Å². The topological polar surface area (TPSA) is 77.8 Å². The zero-order valence-electron chi connectivity index (χ0n) is 9.72. The molecule has 2 atom stereocenters. The molecule has 1 amide bonds. The first kappa shape index (κ1) is 14.1. The van der Waals surface area contributed by atoms with E-state index in [1.807, 2.05) is 0 Å². The standard InChI is InChI=1S/C12H11Cl2NO4/c13-7-2-1-3-8(14)10(7)11(17)15-5-6(16)4-9(15)12(18)19/h1-3,6,9,16H,4-5H2,(H,18,19)/t6-,9-/m0/s1. The van der Waals surface area contributed by atoms with E-state index in [-0.39, 0.29) is 28.6 Å². The van der Waals surface area contributed by atoms with E-state index in [1.165, 1.54) is 12.1 Å². The zero-order chi connectivity index (χ0) is 14.2. The maximum absolute atomic E-state index is 12.3. The summed E-state index contributed by atoms with van der Waals surface area (Å²) >= 11 is 11.8. The molecule has 0 spiro atoms. The van der Waals surface area contributed by atoms with Crippen molar-refractivity contribution in [3.63, 3.8) is 0 Å². The maximum atomic E-state index is 12.3. The molecule has 19 heavy (non-hydrogen) atoms. The molecule has 1 aromatic rings. The molecule has 5 nitrogen and oxygen atoms in total. The number of carboxylic acids is 1. The Morgan fingerprint density at radius 2 is 1.84 bits per heavy atom. The summed E-state index contributed by atoms with van der Waals surface area (Å²) in [7, 11) is 0. The average Bonchev–Trinajstić information content (AvgIpc) is 2.71. The van der Waals surface area contributed by atoms with Gasteiger partial charge < -0.3 is 15.1 Å². The Morgan fingerprint density at radius 1 is 1.26 bits per heavy atom. The van der Waals surface area contributed by atoms with E-state index in [0.717, 1.165) is 4.90 Å². The molecular weight excluding hydrogens is 293 g/mol. The molecule has 102 valence electrons. The number of hydrogen-bond donors (Lipinski definition) is 2. The summed E-state index contributed by atoms with van der Waals surface area (Å²) in [6.45, 7) is -0.0443.